The number of hydrogen-bond donors (Lipinski definition) is 2. The summed E-state index contributed by atoms with van der Waals surface area (Å²) in [7, 11) is 1.60. The number of hydrogen-bond acceptors (Lipinski definition) is 6. The largest absolute Gasteiger partial charge is 0.497 e. The van der Waals surface area contributed by atoms with E-state index in [2.05, 4.69) is 23.6 Å². The number of nitrogens with zero attached hydrogens (tertiary/aromatic N) is 4. The molecule has 0 saturated heterocycles. The van der Waals surface area contributed by atoms with Crippen LogP contribution in [0.4, 0.5) is 5.82 Å². The molecule has 2 aromatic carbocycles. The average Bonchev–Trinajstić information content (AvgIpc) is 3.18. The lowest BCUT2D eigenvalue weighted by atomic mass is 10.2. The third kappa shape index (κ3) is 4.64. The van der Waals surface area contributed by atoms with Crippen LogP contribution in [0.3, 0.4) is 0 Å². The highest BCUT2D eigenvalue weighted by Crippen LogP contribution is 2.27. The van der Waals surface area contributed by atoms with E-state index in [0.717, 1.165) is 39.6 Å². The van der Waals surface area contributed by atoms with Crippen LogP contribution in [0.2, 0.25) is 0 Å². The number of nitrogens with one attached hydrogen (secondary N) is 2. The third-order valence-electron chi connectivity index (χ3n) is 5.46. The Morgan fingerprint density at radius 1 is 1.03 bits per heavy atom. The van der Waals surface area contributed by atoms with Gasteiger partial charge in [-0.05, 0) is 49.7 Å². The number of aromatic nitrogens is 4. The minimum atomic E-state index is -0.134. The first kappa shape index (κ1) is 22.3. The molecular weight excluding hydrogens is 416 g/mol. The zero-order chi connectivity index (χ0) is 23.4. The van der Waals surface area contributed by atoms with Crippen molar-refractivity contribution in [2.24, 2.45) is 0 Å². The summed E-state index contributed by atoms with van der Waals surface area (Å²) in [6.07, 6.45) is 0.705. The molecule has 0 atom stereocenters. The van der Waals surface area contributed by atoms with Gasteiger partial charge in [0.05, 0.1) is 23.9 Å². The highest BCUT2D eigenvalue weighted by atomic mass is 16.5. The molecule has 2 aromatic heterocycles. The van der Waals surface area contributed by atoms with Crippen LogP contribution >= 0.6 is 0 Å². The Morgan fingerprint density at radius 3 is 2.48 bits per heavy atom. The first-order valence-corrected chi connectivity index (χ1v) is 11.0. The maximum absolute atomic E-state index is 12.4. The molecule has 2 heterocycles. The van der Waals surface area contributed by atoms with Gasteiger partial charge in [-0.2, -0.15) is 5.10 Å². The number of carbonyl (C=O) groups excluding carboxylic acids is 1. The van der Waals surface area contributed by atoms with E-state index in [1.54, 1.807) is 31.4 Å². The van der Waals surface area contributed by atoms with Gasteiger partial charge in [0.1, 0.15) is 17.4 Å². The number of para-hydroxylation sites is 1. The zero-order valence-corrected chi connectivity index (χ0v) is 19.3. The van der Waals surface area contributed by atoms with E-state index in [-0.39, 0.29) is 5.91 Å². The molecule has 8 nitrogen and oxygen atoms in total. The van der Waals surface area contributed by atoms with E-state index in [1.165, 1.54) is 0 Å². The number of aryl methyl sites for hydroxylation is 3. The Balaban J connectivity index is 1.53. The highest BCUT2D eigenvalue weighted by molar-refractivity contribution is 5.94. The number of benzene rings is 2. The van der Waals surface area contributed by atoms with E-state index in [0.29, 0.717) is 30.8 Å². The van der Waals surface area contributed by atoms with E-state index in [4.69, 9.17) is 19.8 Å². The van der Waals surface area contributed by atoms with E-state index >= 15 is 0 Å². The van der Waals surface area contributed by atoms with Crippen molar-refractivity contribution in [2.75, 3.05) is 25.5 Å². The molecule has 1 amide bonds. The van der Waals surface area contributed by atoms with Crippen LogP contribution in [0.25, 0.3) is 16.7 Å². The van der Waals surface area contributed by atoms with Crippen LogP contribution < -0.4 is 15.4 Å². The smallest absolute Gasteiger partial charge is 0.251 e. The summed E-state index contributed by atoms with van der Waals surface area (Å²) >= 11 is 0. The van der Waals surface area contributed by atoms with Crippen molar-refractivity contribution in [3.63, 3.8) is 0 Å². The lowest BCUT2D eigenvalue weighted by Gasteiger charge is -2.11. The molecule has 0 bridgehead atoms. The van der Waals surface area contributed by atoms with Gasteiger partial charge in [0.15, 0.2) is 5.65 Å². The minimum Gasteiger partial charge on any atom is -0.497 e. The van der Waals surface area contributed by atoms with E-state index in [9.17, 15) is 4.79 Å². The Hall–Kier alpha value is -3.94. The van der Waals surface area contributed by atoms with Crippen LogP contribution in [0.1, 0.15) is 34.4 Å². The van der Waals surface area contributed by atoms with E-state index in [1.807, 2.05) is 36.7 Å². The summed E-state index contributed by atoms with van der Waals surface area (Å²) in [6, 6.07) is 15.1. The van der Waals surface area contributed by atoms with Crippen LogP contribution in [-0.2, 0) is 6.42 Å². The van der Waals surface area contributed by atoms with Crippen LogP contribution in [0, 0.1) is 13.8 Å². The monoisotopic (exact) mass is 444 g/mol. The molecular formula is C25H28N6O2. The quantitative estimate of drug-likeness (QED) is 0.401. The highest BCUT2D eigenvalue weighted by Gasteiger charge is 2.18. The van der Waals surface area contributed by atoms with Gasteiger partial charge < -0.3 is 15.4 Å². The van der Waals surface area contributed by atoms with Crippen LogP contribution in [-0.4, -0.2) is 45.9 Å². The molecule has 0 aliphatic carbocycles. The average molecular weight is 445 g/mol. The predicted molar refractivity (Wildman–Crippen MR) is 129 cm³/mol. The lowest BCUT2D eigenvalue weighted by molar-refractivity contribution is 0.0955. The van der Waals surface area contributed by atoms with Crippen molar-refractivity contribution in [3.05, 3.63) is 71.2 Å². The van der Waals surface area contributed by atoms with Crippen molar-refractivity contribution < 1.29 is 9.53 Å². The van der Waals surface area contributed by atoms with Crippen molar-refractivity contribution in [3.8, 4) is 11.4 Å². The normalized spacial score (nSPS) is 10.9. The third-order valence-corrected chi connectivity index (χ3v) is 5.46. The zero-order valence-electron chi connectivity index (χ0n) is 19.3. The molecule has 0 aliphatic heterocycles. The molecule has 0 fully saturated rings. The van der Waals surface area contributed by atoms with Crippen molar-refractivity contribution >= 4 is 22.8 Å². The fraction of sp³-hybridized carbons (Fsp3) is 0.280. The van der Waals surface area contributed by atoms with Crippen molar-refractivity contribution in [1.82, 2.24) is 25.1 Å². The molecule has 0 aliphatic rings. The van der Waals surface area contributed by atoms with Gasteiger partial charge in [0.2, 0.25) is 0 Å². The number of fused-ring (bicyclic) bond motifs is 1. The lowest BCUT2D eigenvalue weighted by Crippen LogP contribution is -2.29. The van der Waals surface area contributed by atoms with Gasteiger partial charge in [-0.1, -0.05) is 25.1 Å². The molecule has 0 unspecified atom stereocenters. The second-order valence-corrected chi connectivity index (χ2v) is 7.74. The Labute approximate surface area is 193 Å². The maximum Gasteiger partial charge on any atom is 0.251 e. The molecule has 0 radical (unpaired) electrons. The number of amides is 1. The number of anilines is 1. The predicted octanol–water partition coefficient (Wildman–Crippen LogP) is 3.85. The number of ether oxygens (including phenoxy) is 1. The van der Waals surface area contributed by atoms with Gasteiger partial charge in [0.25, 0.3) is 5.91 Å². The topological polar surface area (TPSA) is 94.0 Å². The molecule has 33 heavy (non-hydrogen) atoms. The molecule has 4 rings (SSSR count). The molecule has 0 spiro atoms. The second kappa shape index (κ2) is 9.68. The minimum absolute atomic E-state index is 0.134. The van der Waals surface area contributed by atoms with Crippen molar-refractivity contribution in [2.45, 2.75) is 27.2 Å². The molecule has 8 heteroatoms. The fourth-order valence-electron chi connectivity index (χ4n) is 3.68. The molecule has 0 saturated carbocycles. The fourth-order valence-corrected chi connectivity index (χ4v) is 3.68. The molecule has 170 valence electrons. The standard InChI is InChI=1S/C25H28N6O2/c1-5-21-28-23(26-14-15-27-25(32)18-10-12-19(33-4)13-11-18)22-17(3)30-31(24(22)29-21)20-9-7-6-8-16(20)2/h6-13H,5,14-15H2,1-4H3,(H,27,32)(H,26,28,29). The SMILES string of the molecule is CCc1nc(NCCNC(=O)c2ccc(OC)cc2)c2c(C)nn(-c3ccccc3C)c2n1. The van der Waals surface area contributed by atoms with Gasteiger partial charge in [-0.3, -0.25) is 4.79 Å². The van der Waals surface area contributed by atoms with Gasteiger partial charge >= 0.3 is 0 Å². The number of rotatable bonds is 8. The second-order valence-electron chi connectivity index (χ2n) is 7.74. The van der Waals surface area contributed by atoms with E-state index < -0.39 is 0 Å². The number of methoxy groups -OCH3 is 1. The van der Waals surface area contributed by atoms with Crippen LogP contribution in [0.15, 0.2) is 48.5 Å². The molecule has 2 N–H and O–H groups in total. The first-order chi connectivity index (χ1) is 16.0. The summed E-state index contributed by atoms with van der Waals surface area (Å²) < 4.78 is 7.02. The van der Waals surface area contributed by atoms with Crippen molar-refractivity contribution in [1.29, 1.82) is 0 Å². The van der Waals surface area contributed by atoms with Gasteiger partial charge in [-0.15, -0.1) is 0 Å². The first-order valence-electron chi connectivity index (χ1n) is 11.0. The summed E-state index contributed by atoms with van der Waals surface area (Å²) in [5.74, 6) is 2.05. The summed E-state index contributed by atoms with van der Waals surface area (Å²) in [6.45, 7) is 7.02. The van der Waals surface area contributed by atoms with Gasteiger partial charge in [0, 0.05) is 25.1 Å². The maximum atomic E-state index is 12.4. The Morgan fingerprint density at radius 2 is 1.79 bits per heavy atom. The Kier molecular flexibility index (Phi) is 6.53. The van der Waals surface area contributed by atoms with Gasteiger partial charge in [-0.25, -0.2) is 14.6 Å². The summed E-state index contributed by atoms with van der Waals surface area (Å²) in [5.41, 5.74) is 4.33. The van der Waals surface area contributed by atoms with Crippen LogP contribution in [0.5, 0.6) is 5.75 Å². The summed E-state index contributed by atoms with van der Waals surface area (Å²) in [5, 5.41) is 11.9. The molecule has 4 aromatic rings. The summed E-state index contributed by atoms with van der Waals surface area (Å²) in [4.78, 5) is 21.9. The Bertz CT molecular complexity index is 1280. The number of carbonyl (C=O) groups is 1.